The van der Waals surface area contributed by atoms with Crippen LogP contribution < -0.4 is 10.6 Å². The number of carbonyl (C=O) groups excluding carboxylic acids is 1. The molecule has 0 spiro atoms. The maximum Gasteiger partial charge on any atom is 0.225 e. The first-order chi connectivity index (χ1) is 10.3. The average molecular weight is 285 g/mol. The fraction of sp³-hybridized carbons (Fsp3) is 0.588. The van der Waals surface area contributed by atoms with Crippen LogP contribution in [0.25, 0.3) is 0 Å². The summed E-state index contributed by atoms with van der Waals surface area (Å²) in [5, 5.41) is 6.66. The molecule has 1 aromatic rings. The summed E-state index contributed by atoms with van der Waals surface area (Å²) < 4.78 is 0. The van der Waals surface area contributed by atoms with Crippen LogP contribution in [0, 0.1) is 5.92 Å². The van der Waals surface area contributed by atoms with Crippen LogP contribution >= 0.6 is 0 Å². The van der Waals surface area contributed by atoms with E-state index in [0.29, 0.717) is 6.04 Å². The summed E-state index contributed by atoms with van der Waals surface area (Å²) in [5.74, 6) is 0.287. The minimum absolute atomic E-state index is 0.0647. The highest BCUT2D eigenvalue weighted by molar-refractivity contribution is 5.81. The molecule has 2 unspecified atom stereocenters. The number of anilines is 1. The van der Waals surface area contributed by atoms with E-state index in [2.05, 4.69) is 27.7 Å². The highest BCUT2D eigenvalue weighted by Gasteiger charge is 2.35. The number of fused-ring (bicyclic) bond motifs is 1. The Morgan fingerprint density at radius 1 is 1.24 bits per heavy atom. The van der Waals surface area contributed by atoms with Gasteiger partial charge in [-0.25, -0.2) is 0 Å². The second-order valence-electron chi connectivity index (χ2n) is 6.66. The molecular formula is C17H23N3O. The Balaban J connectivity index is 1.34. The molecule has 0 radical (unpaired) electrons. The van der Waals surface area contributed by atoms with Gasteiger partial charge in [0.2, 0.25) is 5.91 Å². The highest BCUT2D eigenvalue weighted by atomic mass is 16.2. The van der Waals surface area contributed by atoms with Crippen LogP contribution in [0.5, 0.6) is 0 Å². The molecule has 1 saturated carbocycles. The molecule has 0 aromatic heterocycles. The van der Waals surface area contributed by atoms with E-state index >= 15 is 0 Å². The number of nitrogens with zero attached hydrogens (tertiary/aromatic N) is 1. The number of carbonyl (C=O) groups is 1. The molecule has 0 bridgehead atoms. The Kier molecular flexibility index (Phi) is 3.34. The van der Waals surface area contributed by atoms with Crippen molar-refractivity contribution in [1.29, 1.82) is 0 Å². The lowest BCUT2D eigenvalue weighted by atomic mass is 9.93. The smallest absolute Gasteiger partial charge is 0.225 e. The van der Waals surface area contributed by atoms with Crippen LogP contribution in [0.15, 0.2) is 24.3 Å². The number of nitrogens with one attached hydrogen (secondary N) is 2. The van der Waals surface area contributed by atoms with Crippen LogP contribution in [0.1, 0.15) is 24.8 Å². The molecule has 1 amide bonds. The maximum absolute atomic E-state index is 12.5. The summed E-state index contributed by atoms with van der Waals surface area (Å²) in [4.78, 5) is 15.0. The van der Waals surface area contributed by atoms with Gasteiger partial charge in [0.15, 0.2) is 0 Å². The van der Waals surface area contributed by atoms with E-state index < -0.39 is 0 Å². The Hall–Kier alpha value is -1.55. The van der Waals surface area contributed by atoms with E-state index in [1.54, 1.807) is 0 Å². The van der Waals surface area contributed by atoms with E-state index in [1.165, 1.54) is 24.1 Å². The standard InChI is InChI=1S/C17H23N3O/c21-17(19-14-7-8-20(11-14)15-5-6-15)13-9-12-3-1-2-4-16(12)18-10-13/h1-4,13-15,18H,5-11H2,(H,19,21). The van der Waals surface area contributed by atoms with Crippen molar-refractivity contribution >= 4 is 11.6 Å². The molecule has 2 fully saturated rings. The number of rotatable bonds is 3. The average Bonchev–Trinajstić information content (AvgIpc) is 3.27. The van der Waals surface area contributed by atoms with Gasteiger partial charge in [-0.15, -0.1) is 0 Å². The lowest BCUT2D eigenvalue weighted by Crippen LogP contribution is -2.44. The molecule has 3 aliphatic rings. The fourth-order valence-electron chi connectivity index (χ4n) is 3.62. The number of hydrogen-bond acceptors (Lipinski definition) is 3. The Morgan fingerprint density at radius 2 is 2.10 bits per heavy atom. The zero-order chi connectivity index (χ0) is 14.2. The third kappa shape index (κ3) is 2.77. The van der Waals surface area contributed by atoms with Crippen molar-refractivity contribution in [3.05, 3.63) is 29.8 Å². The number of para-hydroxylation sites is 1. The first-order valence-corrected chi connectivity index (χ1v) is 8.16. The van der Waals surface area contributed by atoms with E-state index in [1.807, 2.05) is 12.1 Å². The summed E-state index contributed by atoms with van der Waals surface area (Å²) in [7, 11) is 0. The maximum atomic E-state index is 12.5. The van der Waals surface area contributed by atoms with Crippen molar-refractivity contribution in [3.63, 3.8) is 0 Å². The van der Waals surface area contributed by atoms with Crippen LogP contribution in [-0.2, 0) is 11.2 Å². The number of benzene rings is 1. The minimum atomic E-state index is 0.0647. The van der Waals surface area contributed by atoms with Gasteiger partial charge in [-0.3, -0.25) is 9.69 Å². The minimum Gasteiger partial charge on any atom is -0.384 e. The van der Waals surface area contributed by atoms with Crippen molar-refractivity contribution in [2.45, 2.75) is 37.8 Å². The summed E-state index contributed by atoms with van der Waals surface area (Å²) in [6, 6.07) is 9.47. The van der Waals surface area contributed by atoms with Gasteiger partial charge in [-0.05, 0) is 37.3 Å². The Bertz CT molecular complexity index is 541. The van der Waals surface area contributed by atoms with Crippen molar-refractivity contribution in [1.82, 2.24) is 10.2 Å². The predicted molar refractivity (Wildman–Crippen MR) is 83.3 cm³/mol. The first kappa shape index (κ1) is 13.1. The summed E-state index contributed by atoms with van der Waals surface area (Å²) >= 11 is 0. The van der Waals surface area contributed by atoms with Crippen LogP contribution in [0.4, 0.5) is 5.69 Å². The molecule has 1 aromatic carbocycles. The predicted octanol–water partition coefficient (Wildman–Crippen LogP) is 1.62. The van der Waals surface area contributed by atoms with Crippen molar-refractivity contribution in [2.75, 3.05) is 25.0 Å². The van der Waals surface area contributed by atoms with Gasteiger partial charge in [-0.1, -0.05) is 18.2 Å². The topological polar surface area (TPSA) is 44.4 Å². The van der Waals surface area contributed by atoms with Gasteiger partial charge in [0, 0.05) is 37.4 Å². The summed E-state index contributed by atoms with van der Waals surface area (Å²) in [6.45, 7) is 2.95. The summed E-state index contributed by atoms with van der Waals surface area (Å²) in [6.07, 6.45) is 4.67. The van der Waals surface area contributed by atoms with Crippen LogP contribution in [0.3, 0.4) is 0 Å². The van der Waals surface area contributed by atoms with E-state index in [0.717, 1.165) is 38.5 Å². The lowest BCUT2D eigenvalue weighted by Gasteiger charge is -2.26. The molecule has 2 N–H and O–H groups in total. The first-order valence-electron chi connectivity index (χ1n) is 8.16. The Morgan fingerprint density at radius 3 is 2.95 bits per heavy atom. The summed E-state index contributed by atoms with van der Waals surface area (Å²) in [5.41, 5.74) is 2.44. The van der Waals surface area contributed by atoms with Crippen molar-refractivity contribution in [2.24, 2.45) is 5.92 Å². The van der Waals surface area contributed by atoms with Crippen molar-refractivity contribution in [3.8, 4) is 0 Å². The fourth-order valence-corrected chi connectivity index (χ4v) is 3.62. The lowest BCUT2D eigenvalue weighted by molar-refractivity contribution is -0.125. The van der Waals surface area contributed by atoms with E-state index in [-0.39, 0.29) is 11.8 Å². The van der Waals surface area contributed by atoms with E-state index in [9.17, 15) is 4.79 Å². The largest absolute Gasteiger partial charge is 0.384 e. The molecule has 2 atom stereocenters. The van der Waals surface area contributed by atoms with Gasteiger partial charge < -0.3 is 10.6 Å². The third-order valence-electron chi connectivity index (χ3n) is 5.02. The molecule has 21 heavy (non-hydrogen) atoms. The molecule has 4 rings (SSSR count). The molecule has 112 valence electrons. The second-order valence-corrected chi connectivity index (χ2v) is 6.66. The van der Waals surface area contributed by atoms with Gasteiger partial charge in [0.25, 0.3) is 0 Å². The number of hydrogen-bond donors (Lipinski definition) is 2. The Labute approximate surface area is 125 Å². The second kappa shape index (κ2) is 5.34. The molecular weight excluding hydrogens is 262 g/mol. The highest BCUT2D eigenvalue weighted by Crippen LogP contribution is 2.30. The normalized spacial score (nSPS) is 28.8. The monoisotopic (exact) mass is 285 g/mol. The molecule has 2 heterocycles. The van der Waals surface area contributed by atoms with Gasteiger partial charge in [0.1, 0.15) is 0 Å². The van der Waals surface area contributed by atoms with Crippen molar-refractivity contribution < 1.29 is 4.79 Å². The van der Waals surface area contributed by atoms with E-state index in [4.69, 9.17) is 0 Å². The molecule has 4 heteroatoms. The zero-order valence-electron chi connectivity index (χ0n) is 12.3. The van der Waals surface area contributed by atoms with Crippen LogP contribution in [0.2, 0.25) is 0 Å². The zero-order valence-corrected chi connectivity index (χ0v) is 12.3. The molecule has 2 aliphatic heterocycles. The van der Waals surface area contributed by atoms with Crippen LogP contribution in [-0.4, -0.2) is 42.5 Å². The van der Waals surface area contributed by atoms with Gasteiger partial charge >= 0.3 is 0 Å². The molecule has 1 aliphatic carbocycles. The molecule has 1 saturated heterocycles. The van der Waals surface area contributed by atoms with Gasteiger partial charge in [0.05, 0.1) is 5.92 Å². The third-order valence-corrected chi connectivity index (χ3v) is 5.02. The number of amides is 1. The van der Waals surface area contributed by atoms with Gasteiger partial charge in [-0.2, -0.15) is 0 Å². The SMILES string of the molecule is O=C(NC1CCN(C2CC2)C1)C1CNc2ccccc2C1. The number of likely N-dealkylation sites (tertiary alicyclic amines) is 1. The quantitative estimate of drug-likeness (QED) is 0.887. The molecule has 4 nitrogen and oxygen atoms in total.